The Balaban J connectivity index is 2.03. The highest BCUT2D eigenvalue weighted by Gasteiger charge is 2.18. The van der Waals surface area contributed by atoms with E-state index in [1.54, 1.807) is 6.92 Å². The molecule has 0 aromatic carbocycles. The van der Waals surface area contributed by atoms with E-state index in [0.29, 0.717) is 16.5 Å². The van der Waals surface area contributed by atoms with Gasteiger partial charge in [-0.1, -0.05) is 0 Å². The van der Waals surface area contributed by atoms with E-state index in [-0.39, 0.29) is 0 Å². The second kappa shape index (κ2) is 4.93. The van der Waals surface area contributed by atoms with Crippen molar-refractivity contribution in [2.45, 2.75) is 26.2 Å². The quantitative estimate of drug-likeness (QED) is 0.844. The first-order valence-corrected chi connectivity index (χ1v) is 6.39. The fourth-order valence-corrected chi connectivity index (χ4v) is 3.09. The maximum Gasteiger partial charge on any atom is 0.347 e. The van der Waals surface area contributed by atoms with Crippen LogP contribution >= 0.6 is 11.3 Å². The van der Waals surface area contributed by atoms with Gasteiger partial charge in [0.2, 0.25) is 0 Å². The predicted molar refractivity (Wildman–Crippen MR) is 63.1 cm³/mol. The molecule has 1 fully saturated rings. The van der Waals surface area contributed by atoms with Crippen molar-refractivity contribution in [1.82, 2.24) is 10.3 Å². The third kappa shape index (κ3) is 2.59. The molecular weight excluding hydrogens is 224 g/mol. The van der Waals surface area contributed by atoms with E-state index >= 15 is 0 Å². The van der Waals surface area contributed by atoms with Gasteiger partial charge >= 0.3 is 5.97 Å². The predicted octanol–water partition coefficient (Wildman–Crippen LogP) is 1.69. The topological polar surface area (TPSA) is 62.2 Å². The highest BCUT2D eigenvalue weighted by molar-refractivity contribution is 7.13. The molecule has 0 radical (unpaired) electrons. The van der Waals surface area contributed by atoms with Gasteiger partial charge in [0.25, 0.3) is 0 Å². The molecule has 1 aliphatic rings. The average molecular weight is 240 g/mol. The molecule has 0 spiro atoms. The number of hydrogen-bond donors (Lipinski definition) is 2. The number of aryl methyl sites for hydroxylation is 1. The van der Waals surface area contributed by atoms with Crippen LogP contribution in [0.3, 0.4) is 0 Å². The van der Waals surface area contributed by atoms with Crippen molar-refractivity contribution in [3.05, 3.63) is 15.6 Å². The summed E-state index contributed by atoms with van der Waals surface area (Å²) < 4.78 is 0. The van der Waals surface area contributed by atoms with Crippen molar-refractivity contribution in [1.29, 1.82) is 0 Å². The Kier molecular flexibility index (Phi) is 3.56. The number of thiazole rings is 1. The van der Waals surface area contributed by atoms with Crippen LogP contribution in [0.25, 0.3) is 0 Å². The van der Waals surface area contributed by atoms with Crippen molar-refractivity contribution in [2.24, 2.45) is 5.92 Å². The van der Waals surface area contributed by atoms with Crippen molar-refractivity contribution in [3.63, 3.8) is 0 Å². The summed E-state index contributed by atoms with van der Waals surface area (Å²) in [4.78, 5) is 15.6. The van der Waals surface area contributed by atoms with E-state index in [0.717, 1.165) is 24.5 Å². The van der Waals surface area contributed by atoms with Gasteiger partial charge < -0.3 is 10.4 Å². The van der Waals surface area contributed by atoms with Crippen molar-refractivity contribution in [3.8, 4) is 0 Å². The minimum Gasteiger partial charge on any atom is -0.477 e. The van der Waals surface area contributed by atoms with Gasteiger partial charge in [-0.25, -0.2) is 9.78 Å². The number of carboxylic acids is 1. The lowest BCUT2D eigenvalue weighted by Gasteiger charge is -2.21. The number of aromatic carboxylic acids is 1. The number of aromatic nitrogens is 1. The van der Waals surface area contributed by atoms with E-state index in [4.69, 9.17) is 5.11 Å². The van der Waals surface area contributed by atoms with Gasteiger partial charge in [0.1, 0.15) is 4.88 Å². The van der Waals surface area contributed by atoms with Crippen LogP contribution in [0.4, 0.5) is 0 Å². The molecule has 4 nitrogen and oxygen atoms in total. The molecule has 1 aromatic heterocycles. The van der Waals surface area contributed by atoms with Crippen LogP contribution in [0, 0.1) is 12.8 Å². The number of nitrogens with zero attached hydrogens (tertiary/aromatic N) is 1. The van der Waals surface area contributed by atoms with E-state index in [2.05, 4.69) is 10.3 Å². The first-order chi connectivity index (χ1) is 7.66. The van der Waals surface area contributed by atoms with Crippen LogP contribution in [0.2, 0.25) is 0 Å². The van der Waals surface area contributed by atoms with Gasteiger partial charge in [-0.15, -0.1) is 11.3 Å². The summed E-state index contributed by atoms with van der Waals surface area (Å²) in [6, 6.07) is 0. The first kappa shape index (κ1) is 11.5. The Morgan fingerprint density at radius 3 is 2.81 bits per heavy atom. The number of hydrogen-bond acceptors (Lipinski definition) is 4. The minimum absolute atomic E-state index is 0.393. The molecule has 0 saturated carbocycles. The Bertz CT molecular complexity index is 383. The third-order valence-electron chi connectivity index (χ3n) is 2.96. The molecule has 2 rings (SSSR count). The first-order valence-electron chi connectivity index (χ1n) is 5.57. The summed E-state index contributed by atoms with van der Waals surface area (Å²) in [6.07, 6.45) is 3.27. The maximum absolute atomic E-state index is 10.9. The lowest BCUT2D eigenvalue weighted by molar-refractivity contribution is 0.0701. The van der Waals surface area contributed by atoms with Crippen LogP contribution in [-0.4, -0.2) is 29.1 Å². The van der Waals surface area contributed by atoms with E-state index in [1.807, 2.05) is 0 Å². The van der Waals surface area contributed by atoms with Gasteiger partial charge in [-0.3, -0.25) is 0 Å². The Hall–Kier alpha value is -0.940. The summed E-state index contributed by atoms with van der Waals surface area (Å²) in [7, 11) is 0. The summed E-state index contributed by atoms with van der Waals surface area (Å²) in [5.74, 6) is -0.194. The number of rotatable bonds is 3. The number of carbonyl (C=O) groups is 1. The number of piperidine rings is 1. The normalized spacial score (nSPS) is 17.6. The van der Waals surface area contributed by atoms with Crippen molar-refractivity contribution >= 4 is 17.3 Å². The zero-order valence-electron chi connectivity index (χ0n) is 9.32. The molecule has 1 saturated heterocycles. The molecular formula is C11H16N2O2S. The molecule has 0 unspecified atom stereocenters. The number of carboxylic acid groups (broad SMARTS) is 1. The third-order valence-corrected chi connectivity index (χ3v) is 4.12. The molecule has 5 heteroatoms. The Morgan fingerprint density at radius 2 is 2.25 bits per heavy atom. The molecule has 0 atom stereocenters. The fraction of sp³-hybridized carbons (Fsp3) is 0.636. The SMILES string of the molecule is Cc1nc(CC2CCNCC2)sc1C(=O)O. The summed E-state index contributed by atoms with van der Waals surface area (Å²) in [5.41, 5.74) is 0.654. The van der Waals surface area contributed by atoms with E-state index < -0.39 is 5.97 Å². The lowest BCUT2D eigenvalue weighted by atomic mass is 9.95. The molecule has 16 heavy (non-hydrogen) atoms. The van der Waals surface area contributed by atoms with Crippen molar-refractivity contribution in [2.75, 3.05) is 13.1 Å². The smallest absolute Gasteiger partial charge is 0.347 e. The highest BCUT2D eigenvalue weighted by atomic mass is 32.1. The van der Waals surface area contributed by atoms with E-state index in [1.165, 1.54) is 24.2 Å². The molecule has 0 aliphatic carbocycles. The van der Waals surface area contributed by atoms with Gasteiger partial charge in [0.05, 0.1) is 10.7 Å². The zero-order valence-corrected chi connectivity index (χ0v) is 10.1. The standard InChI is InChI=1S/C11H16N2O2S/c1-7-10(11(14)15)16-9(13-7)6-8-2-4-12-5-3-8/h8,12H,2-6H2,1H3,(H,14,15). The monoisotopic (exact) mass is 240 g/mol. The van der Waals surface area contributed by atoms with Gasteiger partial charge in [-0.05, 0) is 38.8 Å². The van der Waals surface area contributed by atoms with E-state index in [9.17, 15) is 4.79 Å². The van der Waals surface area contributed by atoms with Crippen LogP contribution in [0.5, 0.6) is 0 Å². The molecule has 2 heterocycles. The van der Waals surface area contributed by atoms with Crippen LogP contribution in [0.15, 0.2) is 0 Å². The summed E-state index contributed by atoms with van der Waals surface area (Å²) >= 11 is 1.33. The maximum atomic E-state index is 10.9. The van der Waals surface area contributed by atoms with Crippen LogP contribution < -0.4 is 5.32 Å². The summed E-state index contributed by atoms with van der Waals surface area (Å²) in [5, 5.41) is 13.2. The van der Waals surface area contributed by atoms with Gasteiger partial charge in [0, 0.05) is 6.42 Å². The fourth-order valence-electron chi connectivity index (χ4n) is 2.07. The second-order valence-corrected chi connectivity index (χ2v) is 5.31. The molecule has 88 valence electrons. The largest absolute Gasteiger partial charge is 0.477 e. The number of nitrogens with one attached hydrogen (secondary N) is 1. The minimum atomic E-state index is -0.855. The van der Waals surface area contributed by atoms with Gasteiger partial charge in [-0.2, -0.15) is 0 Å². The molecule has 0 amide bonds. The second-order valence-electron chi connectivity index (χ2n) is 4.22. The molecule has 1 aromatic rings. The summed E-state index contributed by atoms with van der Waals surface area (Å²) in [6.45, 7) is 3.91. The molecule has 0 bridgehead atoms. The lowest BCUT2D eigenvalue weighted by Crippen LogP contribution is -2.28. The van der Waals surface area contributed by atoms with Crippen molar-refractivity contribution < 1.29 is 9.90 Å². The zero-order chi connectivity index (χ0) is 11.5. The Morgan fingerprint density at radius 1 is 1.56 bits per heavy atom. The van der Waals surface area contributed by atoms with Crippen LogP contribution in [-0.2, 0) is 6.42 Å². The van der Waals surface area contributed by atoms with Crippen LogP contribution in [0.1, 0.15) is 33.2 Å². The average Bonchev–Trinajstić information content (AvgIpc) is 2.61. The Labute approximate surface area is 98.7 Å². The van der Waals surface area contributed by atoms with Gasteiger partial charge in [0.15, 0.2) is 0 Å². The molecule has 1 aliphatic heterocycles. The highest BCUT2D eigenvalue weighted by Crippen LogP contribution is 2.24. The molecule has 2 N–H and O–H groups in total.